The van der Waals surface area contributed by atoms with Crippen molar-refractivity contribution >= 4 is 146 Å². The van der Waals surface area contributed by atoms with Crippen LogP contribution in [0, 0.1) is 20.2 Å². The van der Waals surface area contributed by atoms with E-state index in [1.165, 1.54) is 6.07 Å². The van der Waals surface area contributed by atoms with Crippen molar-refractivity contribution in [3.05, 3.63) is 172 Å². The number of ether oxygens (including phenoxy) is 9. The summed E-state index contributed by atoms with van der Waals surface area (Å²) < 4.78 is 124. The quantitative estimate of drug-likeness (QED) is 0.00840. The molecule has 8 atom stereocenters. The SMILES string of the molecule is CC1(C)OB(B2OC(C)(C)C(C)(C)O2)OC1(C)C.CCC(O)COc1cccc(C=O)c1B1OC(C)(C)C(C)(C)O1.CCC(O)COc1cccc(C=O)c1Br.CCCCOCC1COc2cccc3c2B(O1)OC3CN.CCCCOCC1COc2cccc3c2B(O1)OC3CNC(=O)OC(C)(C)C.CCCCOC[C@@H]1COc2cccc3c2B(OC3C[N+](=O)[O-])O1.C[N+](=O)[O-].Cl.Cl.O=Cc1cccc(O)c1Br.[Na+].[OH-]. The van der Waals surface area contributed by atoms with Crippen LogP contribution in [-0.4, -0.2) is 267 Å². The number of carbonyl (C=O) groups is 4. The Labute approximate surface area is 911 Å². The van der Waals surface area contributed by atoms with Crippen LogP contribution in [-0.2, 0) is 74.8 Å². The molecule has 0 aromatic heterocycles. The van der Waals surface area contributed by atoms with Gasteiger partial charge in [0.1, 0.15) is 104 Å². The van der Waals surface area contributed by atoms with Gasteiger partial charge in [-0.15, -0.1) is 24.8 Å². The number of nitrogens with two attached hydrogens (primary N) is 1. The molecule has 0 aliphatic carbocycles. The van der Waals surface area contributed by atoms with E-state index >= 15 is 0 Å². The third-order valence-electron chi connectivity index (χ3n) is 24.9. The minimum absolute atomic E-state index is 0. The first-order valence-electron chi connectivity index (χ1n) is 48.4. The Hall–Kier alpha value is -6.63. The Morgan fingerprint density at radius 2 is 0.836 bits per heavy atom. The van der Waals surface area contributed by atoms with Crippen molar-refractivity contribution < 1.29 is 178 Å². The molecule has 0 spiro atoms. The van der Waals surface area contributed by atoms with Crippen LogP contribution in [0.5, 0.6) is 34.5 Å². The Kier molecular flexibility index (Phi) is 55.8. The number of carbonyl (C=O) groups excluding carboxylic acids is 4. The van der Waals surface area contributed by atoms with Crippen molar-refractivity contribution in [3.8, 4) is 34.5 Å². The number of nitro groups is 2. The second-order valence-corrected chi connectivity index (χ2v) is 40.3. The molecule has 6 aromatic carbocycles. The zero-order chi connectivity index (χ0) is 105. The molecular weight excluding hydrogens is 2080 g/mol. The van der Waals surface area contributed by atoms with Crippen LogP contribution >= 0.6 is 56.7 Å². The number of unbranched alkanes of at least 4 members (excludes halogenated alkanes) is 3. The smallest absolute Gasteiger partial charge is 0.870 e. The number of phenolic OH excluding ortho intramolecular Hbond substituents is 1. The summed E-state index contributed by atoms with van der Waals surface area (Å²) >= 11 is 6.33. The zero-order valence-electron chi connectivity index (χ0n) is 87.9. The summed E-state index contributed by atoms with van der Waals surface area (Å²) in [6.45, 7) is 45.3. The molecular formula is C98H145B6Br2Cl2N4NaO33. The third-order valence-corrected chi connectivity index (χ3v) is 26.6. The van der Waals surface area contributed by atoms with E-state index in [-0.39, 0.29) is 143 Å². The van der Waals surface area contributed by atoms with Crippen molar-refractivity contribution in [2.75, 3.05) is 99.4 Å². The molecule has 3 fully saturated rings. The predicted molar refractivity (Wildman–Crippen MR) is 564 cm³/mol. The number of halogens is 4. The van der Waals surface area contributed by atoms with Gasteiger partial charge in [-0.1, -0.05) is 127 Å². The standard InChI is InChI=1S/C20H30BNO6.C17H25BO5.C15H20BNO6.C15H22BNO4.C12H24B2O4.C11H13BrO3.C7H5BrO2.CH3NO2.2ClH.Na.H2O/c1-5-6-10-24-12-14-13-25-16-9-7-8-15-17(28-21(27-14)18(15)16)11-22-19(23)26-20(2,3)4;1-6-13(20)11-21-14-9-7-8-12(10-19)15(14)18-22-16(2,3)17(4,5)23-18;1-2-3-7-20-9-11-10-21-13-6-4-5-12-14(8-17(18)19)23-16(22-11)15(12)13;1-2-3-7-18-9-11-10-19-13-6-4-5-12-14(8-17)21-16(20-11)15(12)13;1-9(2)10(3,4)16-13(15-9)14-17-11(5,6)12(7,8)18-14;1-2-9(14)7-15-10-5-3-4-8(6-13)11(10)12;8-7-5(4-9)2-1-3-6(7)10;1-2(3)4;;;;/h7-9,14,17H,5-6,10-13H2,1-4H3,(H,22,23);7-10,13,20H,6,11H2,1-5H3;4-6,11,14H,2-3,7-10H2,1H3;4-6,11,14H,2-3,7-10,17H2,1H3;1-8H3;3-6,9,14H,2,7H2,1H3;1-4,10H;1H3;2*1H;;1H2/q;;;;;;;;;;+1;/p-1/t;;11-,14?;;;;;;;;;/m..1........./s1. The number of benzene rings is 6. The Morgan fingerprint density at radius 3 is 1.20 bits per heavy atom. The minimum atomic E-state index is -0.685. The van der Waals surface area contributed by atoms with Crippen molar-refractivity contribution in [2.45, 2.75) is 278 Å². The minimum Gasteiger partial charge on any atom is -0.870 e. The van der Waals surface area contributed by atoms with Gasteiger partial charge in [-0.05, 0) is 221 Å². The summed E-state index contributed by atoms with van der Waals surface area (Å²) in [6.07, 6.45) is 6.70. The van der Waals surface area contributed by atoms with Crippen molar-refractivity contribution in [1.29, 1.82) is 0 Å². The summed E-state index contributed by atoms with van der Waals surface area (Å²) in [6, 6.07) is 32.4. The summed E-state index contributed by atoms with van der Waals surface area (Å²) in [5.74, 6) is 3.44. The maximum Gasteiger partial charge on any atom is 1.00 e. The molecule has 9 aliphatic rings. The topological polar surface area (TPSA) is 477 Å². The molecule has 37 nitrogen and oxygen atoms in total. The maximum atomic E-state index is 12.0. The molecule has 1 amide bonds. The van der Waals surface area contributed by atoms with E-state index in [0.29, 0.717) is 133 Å². The number of hydrogen-bond acceptors (Lipinski definition) is 34. The van der Waals surface area contributed by atoms with Crippen LogP contribution in [0.4, 0.5) is 4.79 Å². The normalized spacial score (nSPS) is 20.2. The number of amides is 1. The molecule has 6 aromatic rings. The van der Waals surface area contributed by atoms with Crippen LogP contribution in [0.2, 0.25) is 0 Å². The first-order valence-corrected chi connectivity index (χ1v) is 50.0. The van der Waals surface area contributed by atoms with E-state index < -0.39 is 88.6 Å². The number of aromatic hydroxyl groups is 1. The predicted octanol–water partition coefficient (Wildman–Crippen LogP) is 11.0. The molecule has 9 heterocycles. The van der Waals surface area contributed by atoms with E-state index in [0.717, 1.165) is 109 Å². The summed E-state index contributed by atoms with van der Waals surface area (Å²) in [5, 5.41) is 50.5. The third kappa shape index (κ3) is 38.0. The van der Waals surface area contributed by atoms with Gasteiger partial charge >= 0.3 is 78.1 Å². The van der Waals surface area contributed by atoms with Gasteiger partial charge in [0, 0.05) is 81.3 Å². The largest absolute Gasteiger partial charge is 1.00 e. The first kappa shape index (κ1) is 132. The molecule has 7 N–H and O–H groups in total. The zero-order valence-corrected chi connectivity index (χ0v) is 94.7. The van der Waals surface area contributed by atoms with Crippen LogP contribution in [0.15, 0.2) is 118 Å². The molecule has 802 valence electrons. The fourth-order valence-electron chi connectivity index (χ4n) is 14.7. The number of rotatable bonds is 33. The fraction of sp³-hybridized carbons (Fsp3) is 0.592. The molecule has 3 saturated heterocycles. The van der Waals surface area contributed by atoms with E-state index in [1.54, 1.807) is 48.5 Å². The van der Waals surface area contributed by atoms with Gasteiger partial charge in [0.05, 0.1) is 86.8 Å². The molecule has 0 saturated carbocycles. The molecule has 0 radical (unpaired) electrons. The van der Waals surface area contributed by atoms with Gasteiger partial charge in [0.2, 0.25) is 6.54 Å². The first-order chi connectivity index (χ1) is 67.2. The molecule has 146 heavy (non-hydrogen) atoms. The van der Waals surface area contributed by atoms with Gasteiger partial charge in [0.15, 0.2) is 19.6 Å². The second-order valence-electron chi connectivity index (χ2n) is 38.7. The Balaban J connectivity index is 0.000000356. The molecule has 0 bridgehead atoms. The van der Waals surface area contributed by atoms with E-state index in [9.17, 15) is 39.5 Å². The average Bonchev–Trinajstić information content (AvgIpc) is 1.58. The van der Waals surface area contributed by atoms with E-state index in [1.807, 2.05) is 172 Å². The molecule has 7 unspecified atom stereocenters. The number of aliphatic hydroxyl groups excluding tert-OH is 2. The van der Waals surface area contributed by atoms with Gasteiger partial charge < -0.3 is 130 Å². The molecule has 48 heteroatoms. The van der Waals surface area contributed by atoms with Gasteiger partial charge in [-0.25, -0.2) is 4.79 Å². The van der Waals surface area contributed by atoms with Gasteiger partial charge in [0.25, 0.3) is 0 Å². The summed E-state index contributed by atoms with van der Waals surface area (Å²) in [4.78, 5) is 63.1. The number of nitrogens with one attached hydrogen (secondary N) is 1. The van der Waals surface area contributed by atoms with Gasteiger partial charge in [-0.2, -0.15) is 0 Å². The number of nitrogens with zero attached hydrogens (tertiary/aromatic N) is 2. The second kappa shape index (κ2) is 61.9. The summed E-state index contributed by atoms with van der Waals surface area (Å²) in [5.41, 5.74) is 10.3. The van der Waals surface area contributed by atoms with Gasteiger partial charge in [-0.3, -0.25) is 34.6 Å². The summed E-state index contributed by atoms with van der Waals surface area (Å²) in [7, 11) is -2.30. The van der Waals surface area contributed by atoms with Crippen molar-refractivity contribution in [2.24, 2.45) is 5.73 Å². The fourth-order valence-corrected chi connectivity index (χ4v) is 15.6. The number of aldehydes is 3. The molecule has 15 rings (SSSR count). The average molecular weight is 2230 g/mol. The van der Waals surface area contributed by atoms with Crippen LogP contribution < -0.4 is 86.1 Å². The van der Waals surface area contributed by atoms with Crippen molar-refractivity contribution in [1.82, 2.24) is 5.32 Å². The number of alkyl carbamates (subject to hydrolysis) is 1. The maximum absolute atomic E-state index is 12.0. The van der Waals surface area contributed by atoms with Crippen LogP contribution in [0.25, 0.3) is 0 Å². The molecule has 9 aliphatic heterocycles. The van der Waals surface area contributed by atoms with Crippen LogP contribution in [0.3, 0.4) is 0 Å². The number of hydrogen-bond donors (Lipinski definition) is 5. The number of phenols is 1. The van der Waals surface area contributed by atoms with Crippen molar-refractivity contribution in [3.63, 3.8) is 0 Å². The van der Waals surface area contributed by atoms with E-state index in [4.69, 9.17) is 119 Å². The number of aliphatic hydroxyl groups is 2. The Bertz CT molecular complexity index is 4970. The van der Waals surface area contributed by atoms with Crippen LogP contribution in [0.1, 0.15) is 256 Å². The monoisotopic (exact) mass is 2220 g/mol. The van der Waals surface area contributed by atoms with E-state index in [2.05, 4.69) is 57.9 Å². The Morgan fingerprint density at radius 1 is 0.500 bits per heavy atom.